The lowest BCUT2D eigenvalue weighted by Gasteiger charge is -2.21. The first-order valence-corrected chi connectivity index (χ1v) is 9.24. The molecule has 0 aliphatic carbocycles. The average molecular weight is 356 g/mol. The Morgan fingerprint density at radius 3 is 1.81 bits per heavy atom. The molecule has 5 heteroatoms. The summed E-state index contributed by atoms with van der Waals surface area (Å²) in [6, 6.07) is 18.2. The number of pyridine rings is 3. The summed E-state index contributed by atoms with van der Waals surface area (Å²) in [7, 11) is 4.20. The highest BCUT2D eigenvalue weighted by atomic mass is 15.0. The van der Waals surface area contributed by atoms with Crippen molar-refractivity contribution in [1.82, 2.24) is 19.9 Å². The normalized spacial score (nSPS) is 12.0. The molecule has 0 aliphatic rings. The molecule has 3 heterocycles. The lowest BCUT2D eigenvalue weighted by molar-refractivity contribution is 0.413. The van der Waals surface area contributed by atoms with Crippen molar-refractivity contribution in [1.29, 1.82) is 0 Å². The van der Waals surface area contributed by atoms with Gasteiger partial charge in [-0.15, -0.1) is 0 Å². The molecule has 0 spiro atoms. The Morgan fingerprint density at radius 2 is 1.37 bits per heavy atom. The van der Waals surface area contributed by atoms with E-state index in [0.29, 0.717) is 0 Å². The van der Waals surface area contributed by atoms with Crippen LogP contribution in [0.15, 0.2) is 78.8 Å². The number of rotatable bonds is 7. The second-order valence-corrected chi connectivity index (χ2v) is 6.90. The molecule has 27 heavy (non-hydrogen) atoms. The minimum Gasteiger partial charge on any atom is -0.309 e. The summed E-state index contributed by atoms with van der Waals surface area (Å²) in [6.07, 6.45) is 6.50. The molecule has 0 radical (unpaired) electrons. The molecule has 0 aromatic carbocycles. The lowest BCUT2D eigenvalue weighted by atomic mass is 9.38. The molecule has 0 amide bonds. The van der Waals surface area contributed by atoms with E-state index in [2.05, 4.69) is 59.1 Å². The number of hydrogen-bond acceptors (Lipinski definition) is 4. The van der Waals surface area contributed by atoms with Crippen LogP contribution in [-0.4, -0.2) is 47.2 Å². The molecule has 0 saturated carbocycles. The van der Waals surface area contributed by atoms with E-state index in [1.807, 2.05) is 55.0 Å². The summed E-state index contributed by atoms with van der Waals surface area (Å²) in [4.78, 5) is 16.2. The first-order chi connectivity index (χ1) is 13.2. The van der Waals surface area contributed by atoms with Crippen LogP contribution in [0.3, 0.4) is 0 Å². The molecule has 4 nitrogen and oxygen atoms in total. The Kier molecular flexibility index (Phi) is 6.50. The largest absolute Gasteiger partial charge is 0.309 e. The Balaban J connectivity index is 2.18. The minimum atomic E-state index is -0.0514. The van der Waals surface area contributed by atoms with E-state index in [1.165, 1.54) is 11.0 Å². The van der Waals surface area contributed by atoms with Crippen LogP contribution in [0.2, 0.25) is 0 Å². The van der Waals surface area contributed by atoms with Gasteiger partial charge in [0.05, 0.1) is 5.69 Å². The maximum absolute atomic E-state index is 4.67. The maximum atomic E-state index is 4.67. The van der Waals surface area contributed by atoms with Crippen molar-refractivity contribution < 1.29 is 0 Å². The van der Waals surface area contributed by atoms with Gasteiger partial charge in [-0.3, -0.25) is 15.0 Å². The van der Waals surface area contributed by atoms with Crippen LogP contribution in [0.5, 0.6) is 0 Å². The molecule has 0 unspecified atom stereocenters. The van der Waals surface area contributed by atoms with Gasteiger partial charge in [0.2, 0.25) is 0 Å². The number of aromatic nitrogens is 3. The van der Waals surface area contributed by atoms with E-state index in [9.17, 15) is 0 Å². The first kappa shape index (κ1) is 19.0. The Labute approximate surface area is 162 Å². The van der Waals surface area contributed by atoms with Crippen molar-refractivity contribution in [3.63, 3.8) is 0 Å². The predicted octanol–water partition coefficient (Wildman–Crippen LogP) is 2.45. The highest BCUT2D eigenvalue weighted by molar-refractivity contribution is 6.98. The molecule has 3 aromatic heterocycles. The van der Waals surface area contributed by atoms with Gasteiger partial charge in [-0.1, -0.05) is 23.8 Å². The molecule has 0 atom stereocenters. The minimum absolute atomic E-state index is 0.0514. The molecule has 0 N–H and O–H groups in total. The molecule has 3 aromatic rings. The fraction of sp³-hybridized carbons (Fsp3) is 0.227. The summed E-state index contributed by atoms with van der Waals surface area (Å²) < 4.78 is 0. The summed E-state index contributed by atoms with van der Waals surface area (Å²) in [5, 5.41) is 0. The maximum Gasteiger partial charge on any atom is 0.290 e. The van der Waals surface area contributed by atoms with Crippen LogP contribution in [0.25, 0.3) is 5.47 Å². The molecule has 0 fully saturated rings. The third kappa shape index (κ3) is 4.89. The van der Waals surface area contributed by atoms with Crippen LogP contribution in [0, 0.1) is 0 Å². The highest BCUT2D eigenvalue weighted by Crippen LogP contribution is 2.22. The van der Waals surface area contributed by atoms with E-state index >= 15 is 0 Å². The van der Waals surface area contributed by atoms with Gasteiger partial charge in [-0.05, 0) is 69.3 Å². The lowest BCUT2D eigenvalue weighted by Crippen LogP contribution is -2.47. The Morgan fingerprint density at radius 1 is 0.815 bits per heavy atom. The predicted molar refractivity (Wildman–Crippen MR) is 113 cm³/mol. The third-order valence-corrected chi connectivity index (χ3v) is 4.59. The molecular weight excluding hydrogens is 331 g/mol. The van der Waals surface area contributed by atoms with Gasteiger partial charge in [-0.25, -0.2) is 0 Å². The van der Waals surface area contributed by atoms with Gasteiger partial charge >= 0.3 is 0 Å². The van der Waals surface area contributed by atoms with Crippen molar-refractivity contribution >= 4 is 23.4 Å². The van der Waals surface area contributed by atoms with Crippen LogP contribution < -0.4 is 11.2 Å². The number of hydrogen-bond donors (Lipinski definition) is 0. The average Bonchev–Trinajstić information content (AvgIpc) is 2.72. The number of nitrogens with zero attached hydrogens (tertiary/aromatic N) is 4. The standard InChI is InChI=1S/C22H25BN4/c1-18(13-17-27(2)3)22(19-10-4-7-14-24-19)23(20-11-5-8-15-25-20)21-12-6-9-16-26-21/h4-12,14-16H,13,17H2,1-3H3/b22-18-. The van der Waals surface area contributed by atoms with E-state index in [-0.39, 0.29) is 6.71 Å². The smallest absolute Gasteiger partial charge is 0.290 e. The van der Waals surface area contributed by atoms with Gasteiger partial charge in [0.1, 0.15) is 0 Å². The van der Waals surface area contributed by atoms with Crippen LogP contribution in [0.1, 0.15) is 19.0 Å². The van der Waals surface area contributed by atoms with Gasteiger partial charge in [0, 0.05) is 36.3 Å². The fourth-order valence-corrected chi connectivity index (χ4v) is 3.20. The van der Waals surface area contributed by atoms with Crippen molar-refractivity contribution in [3.8, 4) is 0 Å². The fourth-order valence-electron chi connectivity index (χ4n) is 3.20. The molecule has 136 valence electrons. The summed E-state index contributed by atoms with van der Waals surface area (Å²) in [5.41, 5.74) is 5.45. The van der Waals surface area contributed by atoms with E-state index < -0.39 is 0 Å². The van der Waals surface area contributed by atoms with Crippen LogP contribution in [0.4, 0.5) is 0 Å². The zero-order valence-corrected chi connectivity index (χ0v) is 16.2. The summed E-state index contributed by atoms with van der Waals surface area (Å²) in [5.74, 6) is 0. The molecular formula is C22H25BN4. The van der Waals surface area contributed by atoms with Gasteiger partial charge < -0.3 is 4.90 Å². The van der Waals surface area contributed by atoms with Crippen molar-refractivity contribution in [2.24, 2.45) is 0 Å². The highest BCUT2D eigenvalue weighted by Gasteiger charge is 2.30. The van der Waals surface area contributed by atoms with Crippen molar-refractivity contribution in [2.75, 3.05) is 20.6 Å². The van der Waals surface area contributed by atoms with Crippen molar-refractivity contribution in [2.45, 2.75) is 13.3 Å². The molecule has 3 rings (SSSR count). The second kappa shape index (κ2) is 9.24. The van der Waals surface area contributed by atoms with Crippen LogP contribution in [-0.2, 0) is 0 Å². The second-order valence-electron chi connectivity index (χ2n) is 6.90. The molecule has 0 saturated heterocycles. The van der Waals surface area contributed by atoms with E-state index in [0.717, 1.165) is 29.8 Å². The Hall–Kier alpha value is -2.79. The topological polar surface area (TPSA) is 41.9 Å². The van der Waals surface area contributed by atoms with Gasteiger partial charge in [-0.2, -0.15) is 0 Å². The molecule has 0 bridgehead atoms. The van der Waals surface area contributed by atoms with E-state index in [4.69, 9.17) is 0 Å². The third-order valence-electron chi connectivity index (χ3n) is 4.59. The van der Waals surface area contributed by atoms with Gasteiger partial charge in [0.15, 0.2) is 0 Å². The summed E-state index contributed by atoms with van der Waals surface area (Å²) >= 11 is 0. The van der Waals surface area contributed by atoms with Crippen LogP contribution >= 0.6 is 0 Å². The Bertz CT molecular complexity index is 825. The van der Waals surface area contributed by atoms with E-state index in [1.54, 1.807) is 0 Å². The monoisotopic (exact) mass is 356 g/mol. The quantitative estimate of drug-likeness (QED) is 0.610. The first-order valence-electron chi connectivity index (χ1n) is 9.24. The summed E-state index contributed by atoms with van der Waals surface area (Å²) in [6.45, 7) is 3.13. The van der Waals surface area contributed by atoms with Crippen molar-refractivity contribution in [3.05, 3.63) is 84.5 Å². The SMILES string of the molecule is C/C(CCN(C)C)=C(/B(c1ccccn1)c1ccccn1)c1ccccn1. The zero-order chi connectivity index (χ0) is 19.1. The zero-order valence-electron chi connectivity index (χ0n) is 16.2. The molecule has 0 aliphatic heterocycles. The van der Waals surface area contributed by atoms with Gasteiger partial charge in [0.25, 0.3) is 6.71 Å².